The maximum Gasteiger partial charge on any atom is 1.00 e. The average molecular weight is 384 g/mol. The molecule has 0 heterocycles. The van der Waals surface area contributed by atoms with Crippen LogP contribution in [0.5, 0.6) is 0 Å². The first-order valence-corrected chi connectivity index (χ1v) is 8.97. The van der Waals surface area contributed by atoms with E-state index in [2.05, 4.69) is 0 Å². The van der Waals surface area contributed by atoms with Gasteiger partial charge in [-0.15, -0.1) is 0 Å². The third-order valence-corrected chi connectivity index (χ3v) is 5.32. The molecule has 0 aromatic carbocycles. The van der Waals surface area contributed by atoms with Gasteiger partial charge >= 0.3 is 71.1 Å². The summed E-state index contributed by atoms with van der Waals surface area (Å²) in [6.45, 7) is 3.90. The molecule has 7 nitrogen and oxygen atoms in total. The van der Waals surface area contributed by atoms with Crippen LogP contribution in [0.1, 0.15) is 65.2 Å². The topological polar surface area (TPSA) is 129 Å². The van der Waals surface area contributed by atoms with Crippen molar-refractivity contribution in [2.75, 3.05) is 0 Å². The first-order chi connectivity index (χ1) is 10.1. The molecule has 0 spiro atoms. The van der Waals surface area contributed by atoms with Crippen LogP contribution >= 0.6 is 0 Å². The van der Waals surface area contributed by atoms with Gasteiger partial charge in [-0.3, -0.25) is 14.1 Å². The molecule has 0 rings (SSSR count). The van der Waals surface area contributed by atoms with Gasteiger partial charge in [-0.2, -0.15) is 8.42 Å². The zero-order valence-electron chi connectivity index (χ0n) is 15.1. The van der Waals surface area contributed by atoms with Crippen molar-refractivity contribution in [2.45, 2.75) is 70.0 Å². The summed E-state index contributed by atoms with van der Waals surface area (Å²) in [6, 6.07) is 0. The van der Waals surface area contributed by atoms with E-state index in [1.807, 2.05) is 13.8 Å². The molecule has 0 radical (unpaired) electrons. The number of rotatable bonds is 12. The minimum atomic E-state index is -5.05. The van der Waals surface area contributed by atoms with Gasteiger partial charge in [-0.25, -0.2) is 0 Å². The van der Waals surface area contributed by atoms with Gasteiger partial charge < -0.3 is 10.2 Å². The van der Waals surface area contributed by atoms with Crippen LogP contribution in [0.2, 0.25) is 0 Å². The predicted molar refractivity (Wildman–Crippen MR) is 81.3 cm³/mol. The Labute approximate surface area is 188 Å². The Hall–Kier alpha value is 0.850. The Balaban J connectivity index is -0.00000220. The molecule has 10 heteroatoms. The normalized spacial score (nSPS) is 14.6. The van der Waals surface area contributed by atoms with Gasteiger partial charge in [0.25, 0.3) is 10.1 Å². The number of unbranched alkanes of at least 4 members (excludes halogenated alkanes) is 2. The van der Waals surface area contributed by atoms with Crippen LogP contribution in [0.3, 0.4) is 0 Å². The van der Waals surface area contributed by atoms with Crippen LogP contribution in [0.25, 0.3) is 0 Å². The molecule has 0 bridgehead atoms. The molecular formula is C14H26Na2O7S+2. The van der Waals surface area contributed by atoms with Crippen molar-refractivity contribution < 1.29 is 91.9 Å². The smallest absolute Gasteiger partial charge is 0.481 e. The first kappa shape index (κ1) is 29.6. The van der Waals surface area contributed by atoms with Crippen molar-refractivity contribution in [1.29, 1.82) is 0 Å². The van der Waals surface area contributed by atoms with Crippen molar-refractivity contribution in [3.63, 3.8) is 0 Å². The maximum absolute atomic E-state index is 11.6. The van der Waals surface area contributed by atoms with Gasteiger partial charge in [0.2, 0.25) is 4.75 Å². The Kier molecular flexibility index (Phi) is 17.2. The van der Waals surface area contributed by atoms with Gasteiger partial charge in [0.1, 0.15) is 0 Å². The van der Waals surface area contributed by atoms with Crippen LogP contribution in [0.15, 0.2) is 0 Å². The van der Waals surface area contributed by atoms with E-state index < -0.39 is 33.2 Å². The first-order valence-electron chi connectivity index (χ1n) is 7.53. The van der Waals surface area contributed by atoms with Gasteiger partial charge in [-0.1, -0.05) is 52.4 Å². The van der Waals surface area contributed by atoms with Crippen LogP contribution in [0, 0.1) is 5.92 Å². The molecule has 0 aliphatic carbocycles. The summed E-state index contributed by atoms with van der Waals surface area (Å²) in [4.78, 5) is 22.4. The predicted octanol–water partition coefficient (Wildman–Crippen LogP) is -3.43. The molecule has 3 N–H and O–H groups in total. The summed E-state index contributed by atoms with van der Waals surface area (Å²) in [5, 5.41) is 18.2. The number of hydrogen-bond donors (Lipinski definition) is 3. The van der Waals surface area contributed by atoms with E-state index >= 15 is 0 Å². The Morgan fingerprint density at radius 2 is 1.54 bits per heavy atom. The number of aliphatic carboxylic acids is 2. The molecular weight excluding hydrogens is 358 g/mol. The van der Waals surface area contributed by atoms with E-state index in [9.17, 15) is 27.7 Å². The van der Waals surface area contributed by atoms with Crippen molar-refractivity contribution in [1.82, 2.24) is 0 Å². The number of hydrogen-bond acceptors (Lipinski definition) is 4. The van der Waals surface area contributed by atoms with Crippen molar-refractivity contribution >= 4 is 22.1 Å². The molecule has 0 aromatic heterocycles. The standard InChI is InChI=1S/C14H26O7S.2Na/c1-3-5-6-8-11(7-4-2)9-14(13(17)18,10-12(15)16)22(19,20)21;;/h11H,3-10H2,1-2H3,(H,15,16)(H,17,18)(H,19,20,21);;/q;2*+1. The Morgan fingerprint density at radius 1 is 1.00 bits per heavy atom. The second-order valence-corrected chi connectivity index (χ2v) is 7.43. The van der Waals surface area contributed by atoms with Crippen LogP contribution in [-0.4, -0.2) is 39.9 Å². The third-order valence-electron chi connectivity index (χ3n) is 3.85. The van der Waals surface area contributed by atoms with Crippen molar-refractivity contribution in [3.05, 3.63) is 0 Å². The molecule has 2 unspecified atom stereocenters. The van der Waals surface area contributed by atoms with E-state index in [1.165, 1.54) is 0 Å². The minimum Gasteiger partial charge on any atom is -0.481 e. The fraction of sp³-hybridized carbons (Fsp3) is 0.857. The number of carbonyl (C=O) groups is 2. The SMILES string of the molecule is CCCCCC(CCC)CC(CC(=O)O)(C(=O)O)S(=O)(=O)O.[Na+].[Na+]. The average Bonchev–Trinajstić information content (AvgIpc) is 2.36. The molecule has 130 valence electrons. The minimum absolute atomic E-state index is 0. The zero-order chi connectivity index (χ0) is 17.4. The van der Waals surface area contributed by atoms with E-state index in [0.717, 1.165) is 25.7 Å². The van der Waals surface area contributed by atoms with Crippen LogP contribution in [0.4, 0.5) is 0 Å². The van der Waals surface area contributed by atoms with Crippen LogP contribution < -0.4 is 59.1 Å². The Bertz CT molecular complexity index is 482. The second kappa shape index (κ2) is 14.0. The van der Waals surface area contributed by atoms with E-state index in [4.69, 9.17) is 5.11 Å². The number of carboxylic acids is 2. The second-order valence-electron chi connectivity index (χ2n) is 5.70. The van der Waals surface area contributed by atoms with Crippen molar-refractivity contribution in [3.8, 4) is 0 Å². The fourth-order valence-electron chi connectivity index (χ4n) is 2.69. The molecule has 0 aromatic rings. The van der Waals surface area contributed by atoms with E-state index in [0.29, 0.717) is 12.8 Å². The summed E-state index contributed by atoms with van der Waals surface area (Å²) >= 11 is 0. The maximum atomic E-state index is 11.6. The molecule has 24 heavy (non-hydrogen) atoms. The Morgan fingerprint density at radius 3 is 1.88 bits per heavy atom. The summed E-state index contributed by atoms with van der Waals surface area (Å²) in [5.41, 5.74) is 0. The van der Waals surface area contributed by atoms with Crippen molar-refractivity contribution in [2.24, 2.45) is 5.92 Å². The summed E-state index contributed by atoms with van der Waals surface area (Å²) in [5.74, 6) is -3.63. The van der Waals surface area contributed by atoms with Gasteiger partial charge in [0.05, 0.1) is 6.42 Å². The molecule has 0 fully saturated rings. The van der Waals surface area contributed by atoms with E-state index in [-0.39, 0.29) is 71.5 Å². The molecule has 2 atom stereocenters. The molecule has 0 saturated carbocycles. The fourth-order valence-corrected chi connectivity index (χ4v) is 3.67. The monoisotopic (exact) mass is 384 g/mol. The van der Waals surface area contributed by atoms with Crippen LogP contribution in [-0.2, 0) is 19.7 Å². The summed E-state index contributed by atoms with van der Waals surface area (Å²) in [7, 11) is -5.05. The zero-order valence-corrected chi connectivity index (χ0v) is 19.9. The summed E-state index contributed by atoms with van der Waals surface area (Å²) in [6.07, 6.45) is 3.13. The molecule has 0 aliphatic rings. The third kappa shape index (κ3) is 9.52. The molecule has 0 aliphatic heterocycles. The largest absolute Gasteiger partial charge is 1.00 e. The van der Waals surface area contributed by atoms with Gasteiger partial charge in [-0.05, 0) is 12.3 Å². The summed E-state index contributed by atoms with van der Waals surface area (Å²) < 4.78 is 29.9. The molecule has 0 amide bonds. The van der Waals surface area contributed by atoms with Gasteiger partial charge in [0, 0.05) is 0 Å². The molecule has 0 saturated heterocycles. The van der Waals surface area contributed by atoms with Gasteiger partial charge in [0.15, 0.2) is 0 Å². The number of carboxylic acid groups (broad SMARTS) is 2. The van der Waals surface area contributed by atoms with E-state index in [1.54, 1.807) is 0 Å². The quantitative estimate of drug-likeness (QED) is 0.181.